The Morgan fingerprint density at radius 3 is 2.52 bits per heavy atom. The molecule has 0 atom stereocenters. The summed E-state index contributed by atoms with van der Waals surface area (Å²) in [6, 6.07) is 4.71. The number of anilines is 2. The van der Waals surface area contributed by atoms with E-state index in [2.05, 4.69) is 4.98 Å². The average molecular weight is 349 g/mol. The second-order valence-electron chi connectivity index (χ2n) is 5.62. The number of fused-ring (bicyclic) bond motifs is 3. The number of methoxy groups -OCH3 is 1. The Morgan fingerprint density at radius 1 is 1.28 bits per heavy atom. The molecule has 0 unspecified atom stereocenters. The summed E-state index contributed by atoms with van der Waals surface area (Å²) >= 11 is 0. The first-order valence-electron chi connectivity index (χ1n) is 7.31. The van der Waals surface area contributed by atoms with Gasteiger partial charge in [0.15, 0.2) is 0 Å². The smallest absolute Gasteiger partial charge is 0.328 e. The molecule has 0 radical (unpaired) electrons. The van der Waals surface area contributed by atoms with Gasteiger partial charge in [0, 0.05) is 10.8 Å². The van der Waals surface area contributed by atoms with Gasteiger partial charge in [-0.15, -0.1) is 0 Å². The Bertz CT molecular complexity index is 1000. The second kappa shape index (κ2) is 5.78. The Morgan fingerprint density at radius 2 is 1.96 bits per heavy atom. The van der Waals surface area contributed by atoms with Gasteiger partial charge in [0.1, 0.15) is 5.75 Å². The summed E-state index contributed by atoms with van der Waals surface area (Å²) in [6.45, 7) is -1.17. The summed E-state index contributed by atoms with van der Waals surface area (Å²) in [7, 11) is 1.50. The quantitative estimate of drug-likeness (QED) is 0.249. The fraction of sp³-hybridized carbons (Fsp3) is 0.188. The zero-order valence-corrected chi connectivity index (χ0v) is 13.6. The van der Waals surface area contributed by atoms with Crippen LogP contribution in [0.3, 0.4) is 0 Å². The summed E-state index contributed by atoms with van der Waals surface area (Å²) in [4.78, 5) is 14.9. The highest BCUT2D eigenvalue weighted by atomic mass is 19.3. The number of carbonyl (C=O) groups is 1. The first-order valence-corrected chi connectivity index (χ1v) is 7.31. The summed E-state index contributed by atoms with van der Waals surface area (Å²) in [5.74, 6) is 5.15. The van der Waals surface area contributed by atoms with Gasteiger partial charge in [-0.1, -0.05) is 6.07 Å². The van der Waals surface area contributed by atoms with Crippen LogP contribution in [0.25, 0.3) is 21.8 Å². The minimum absolute atomic E-state index is 0.00736. The van der Waals surface area contributed by atoms with E-state index >= 15 is 0 Å². The van der Waals surface area contributed by atoms with E-state index in [1.165, 1.54) is 7.11 Å². The van der Waals surface area contributed by atoms with Gasteiger partial charge >= 0.3 is 6.55 Å². The number of amides is 1. The molecule has 0 saturated carbocycles. The van der Waals surface area contributed by atoms with Crippen LogP contribution in [-0.4, -0.2) is 24.6 Å². The Kier molecular flexibility index (Phi) is 3.88. The standard InChI is InChI=1S/C16H17F2N5O2/c1-6-3-4-9(25-2)14-10(6)11-12(19)8(23(21)16(17)18)5-7(15(20)24)13(11)22-14/h3-5,16,22H,19,21H2,1-2H3,(H2,20,24). The number of alkyl halides is 2. The van der Waals surface area contributed by atoms with Gasteiger partial charge in [0.25, 0.3) is 5.91 Å². The number of halogens is 2. The van der Waals surface area contributed by atoms with E-state index in [0.717, 1.165) is 11.6 Å². The SMILES string of the molecule is COc1ccc(C)c2c1[nH]c1c(C(N)=O)cc(N(N)C(F)F)c(N)c12. The Labute approximate surface area is 141 Å². The summed E-state index contributed by atoms with van der Waals surface area (Å²) in [5.41, 5.74) is 13.2. The number of rotatable bonds is 4. The molecule has 1 heterocycles. The molecule has 9 heteroatoms. The zero-order valence-electron chi connectivity index (χ0n) is 13.6. The topological polar surface area (TPSA) is 123 Å². The fourth-order valence-corrected chi connectivity index (χ4v) is 3.02. The van der Waals surface area contributed by atoms with Crippen LogP contribution in [0.1, 0.15) is 15.9 Å². The molecule has 3 aromatic rings. The maximum atomic E-state index is 13.1. The maximum Gasteiger partial charge on any atom is 0.328 e. The molecular weight excluding hydrogens is 332 g/mol. The number of aromatic amines is 1. The lowest BCUT2D eigenvalue weighted by Crippen LogP contribution is -2.36. The Hall–Kier alpha value is -3.07. The number of nitrogens with one attached hydrogen (secondary N) is 1. The molecule has 3 rings (SSSR count). The minimum atomic E-state index is -3.00. The first kappa shape index (κ1) is 16.8. The molecule has 1 aromatic heterocycles. The van der Waals surface area contributed by atoms with Crippen LogP contribution in [0.5, 0.6) is 5.75 Å². The van der Waals surface area contributed by atoms with E-state index < -0.39 is 12.5 Å². The van der Waals surface area contributed by atoms with Crippen molar-refractivity contribution in [2.24, 2.45) is 11.6 Å². The molecular formula is C16H17F2N5O2. The number of carbonyl (C=O) groups excluding carboxylic acids is 1. The lowest BCUT2D eigenvalue weighted by Gasteiger charge is -2.20. The summed E-state index contributed by atoms with van der Waals surface area (Å²) in [6.07, 6.45) is 0. The van der Waals surface area contributed by atoms with E-state index in [-0.39, 0.29) is 21.9 Å². The average Bonchev–Trinajstić information content (AvgIpc) is 2.96. The van der Waals surface area contributed by atoms with Crippen LogP contribution in [0.4, 0.5) is 20.2 Å². The lowest BCUT2D eigenvalue weighted by atomic mass is 10.0. The van der Waals surface area contributed by atoms with Crippen molar-refractivity contribution in [3.8, 4) is 5.75 Å². The van der Waals surface area contributed by atoms with Crippen molar-refractivity contribution in [1.82, 2.24) is 4.98 Å². The Balaban J connectivity index is 2.55. The molecule has 0 spiro atoms. The van der Waals surface area contributed by atoms with Gasteiger partial charge in [-0.25, -0.2) is 10.9 Å². The van der Waals surface area contributed by atoms with E-state index in [9.17, 15) is 13.6 Å². The predicted octanol–water partition coefficient (Wildman–Crippen LogP) is 2.22. The van der Waals surface area contributed by atoms with E-state index in [0.29, 0.717) is 27.6 Å². The van der Waals surface area contributed by atoms with Crippen LogP contribution >= 0.6 is 0 Å². The van der Waals surface area contributed by atoms with Crippen LogP contribution < -0.4 is 27.1 Å². The third kappa shape index (κ3) is 2.40. The van der Waals surface area contributed by atoms with Crippen molar-refractivity contribution in [3.63, 3.8) is 0 Å². The van der Waals surface area contributed by atoms with Crippen molar-refractivity contribution < 1.29 is 18.3 Å². The first-order chi connectivity index (χ1) is 11.8. The zero-order chi connectivity index (χ0) is 18.5. The fourth-order valence-electron chi connectivity index (χ4n) is 3.02. The van der Waals surface area contributed by atoms with Gasteiger partial charge in [-0.2, -0.15) is 8.78 Å². The summed E-state index contributed by atoms with van der Waals surface area (Å²) in [5, 5.41) is 1.25. The largest absolute Gasteiger partial charge is 0.495 e. The monoisotopic (exact) mass is 349 g/mol. The number of aromatic nitrogens is 1. The van der Waals surface area contributed by atoms with E-state index in [1.54, 1.807) is 12.1 Å². The minimum Gasteiger partial charge on any atom is -0.495 e. The van der Waals surface area contributed by atoms with Gasteiger partial charge in [0.05, 0.1) is 35.1 Å². The molecule has 132 valence electrons. The highest BCUT2D eigenvalue weighted by Crippen LogP contribution is 2.42. The maximum absolute atomic E-state index is 13.1. The highest BCUT2D eigenvalue weighted by molar-refractivity contribution is 6.22. The van der Waals surface area contributed by atoms with Crippen LogP contribution in [0, 0.1) is 6.92 Å². The number of hydrazine groups is 1. The highest BCUT2D eigenvalue weighted by Gasteiger charge is 2.24. The van der Waals surface area contributed by atoms with Crippen LogP contribution in [-0.2, 0) is 0 Å². The van der Waals surface area contributed by atoms with Gasteiger partial charge < -0.3 is 21.2 Å². The third-order valence-corrected chi connectivity index (χ3v) is 4.19. The number of ether oxygens (including phenoxy) is 1. The second-order valence-corrected chi connectivity index (χ2v) is 5.62. The van der Waals surface area contributed by atoms with Crippen LogP contribution in [0.15, 0.2) is 18.2 Å². The molecule has 25 heavy (non-hydrogen) atoms. The normalized spacial score (nSPS) is 11.4. The molecule has 0 aliphatic heterocycles. The number of hydrogen-bond donors (Lipinski definition) is 4. The lowest BCUT2D eigenvalue weighted by molar-refractivity contribution is 0.100. The summed E-state index contributed by atoms with van der Waals surface area (Å²) < 4.78 is 31.5. The van der Waals surface area contributed by atoms with Crippen molar-refractivity contribution in [2.45, 2.75) is 13.5 Å². The third-order valence-electron chi connectivity index (χ3n) is 4.19. The molecule has 2 aromatic carbocycles. The van der Waals surface area contributed by atoms with Crippen molar-refractivity contribution in [2.75, 3.05) is 17.9 Å². The molecule has 7 nitrogen and oxygen atoms in total. The molecule has 0 saturated heterocycles. The number of aryl methyl sites for hydroxylation is 1. The van der Waals surface area contributed by atoms with E-state index in [4.69, 9.17) is 22.0 Å². The van der Waals surface area contributed by atoms with Gasteiger partial charge in [-0.3, -0.25) is 4.79 Å². The van der Waals surface area contributed by atoms with Crippen molar-refractivity contribution >= 4 is 39.1 Å². The number of nitrogens with zero attached hydrogens (tertiary/aromatic N) is 1. The number of hydrogen-bond acceptors (Lipinski definition) is 5. The molecule has 1 amide bonds. The molecule has 0 aliphatic carbocycles. The van der Waals surface area contributed by atoms with Gasteiger partial charge in [0.2, 0.25) is 0 Å². The molecule has 7 N–H and O–H groups in total. The van der Waals surface area contributed by atoms with Crippen LogP contribution in [0.2, 0.25) is 0 Å². The van der Waals surface area contributed by atoms with Crippen molar-refractivity contribution in [3.05, 3.63) is 29.3 Å². The number of benzene rings is 2. The number of nitrogen functional groups attached to an aromatic ring is 1. The van der Waals surface area contributed by atoms with Gasteiger partial charge in [-0.05, 0) is 24.6 Å². The molecule has 0 fully saturated rings. The number of primary amides is 1. The van der Waals surface area contributed by atoms with E-state index in [1.807, 2.05) is 6.92 Å². The number of H-pyrrole nitrogens is 1. The number of nitrogens with two attached hydrogens (primary N) is 3. The van der Waals surface area contributed by atoms with Crippen molar-refractivity contribution in [1.29, 1.82) is 0 Å². The molecule has 0 bridgehead atoms. The predicted molar refractivity (Wildman–Crippen MR) is 92.7 cm³/mol. The molecule has 0 aliphatic rings.